The lowest BCUT2D eigenvalue weighted by atomic mass is 10.3. The Hall–Kier alpha value is -1.18. The SMILES string of the molecule is CC(C)N(C)CCNS(=O)(=O)c1ccc(=O)[nH]c1. The minimum absolute atomic E-state index is 0.0642. The molecule has 7 heteroatoms. The van der Waals surface area contributed by atoms with Crippen molar-refractivity contribution in [1.29, 1.82) is 0 Å². The molecule has 0 amide bonds. The van der Waals surface area contributed by atoms with Gasteiger partial charge in [0.2, 0.25) is 15.6 Å². The molecule has 0 aliphatic carbocycles. The summed E-state index contributed by atoms with van der Waals surface area (Å²) >= 11 is 0. The van der Waals surface area contributed by atoms with Crippen LogP contribution in [0.4, 0.5) is 0 Å². The molecule has 6 nitrogen and oxygen atoms in total. The Morgan fingerprint density at radius 3 is 2.56 bits per heavy atom. The summed E-state index contributed by atoms with van der Waals surface area (Å²) in [6.45, 7) is 5.03. The largest absolute Gasteiger partial charge is 0.328 e. The molecule has 0 bridgehead atoms. The molecule has 1 heterocycles. The highest BCUT2D eigenvalue weighted by molar-refractivity contribution is 7.89. The molecule has 102 valence electrons. The number of likely N-dealkylation sites (N-methyl/N-ethyl adjacent to an activating group) is 1. The van der Waals surface area contributed by atoms with Gasteiger partial charge in [-0.2, -0.15) is 0 Å². The van der Waals surface area contributed by atoms with Crippen LogP contribution in [0.25, 0.3) is 0 Å². The summed E-state index contributed by atoms with van der Waals surface area (Å²) in [5.74, 6) is 0. The third kappa shape index (κ3) is 4.25. The van der Waals surface area contributed by atoms with E-state index in [2.05, 4.69) is 9.71 Å². The molecule has 0 fully saturated rings. The van der Waals surface area contributed by atoms with Crippen molar-refractivity contribution in [3.05, 3.63) is 28.7 Å². The van der Waals surface area contributed by atoms with Crippen molar-refractivity contribution in [2.45, 2.75) is 24.8 Å². The number of aromatic amines is 1. The zero-order chi connectivity index (χ0) is 13.8. The van der Waals surface area contributed by atoms with E-state index in [1.165, 1.54) is 18.3 Å². The normalized spacial score (nSPS) is 12.3. The van der Waals surface area contributed by atoms with E-state index in [1.807, 2.05) is 25.8 Å². The first-order chi connectivity index (χ1) is 8.33. The summed E-state index contributed by atoms with van der Waals surface area (Å²) in [7, 11) is -1.62. The van der Waals surface area contributed by atoms with Gasteiger partial charge in [-0.05, 0) is 27.0 Å². The summed E-state index contributed by atoms with van der Waals surface area (Å²) in [5, 5.41) is 0. The van der Waals surface area contributed by atoms with Crippen LogP contribution >= 0.6 is 0 Å². The fraction of sp³-hybridized carbons (Fsp3) is 0.545. The number of hydrogen-bond acceptors (Lipinski definition) is 4. The summed E-state index contributed by atoms with van der Waals surface area (Å²) in [6.07, 6.45) is 1.19. The molecule has 0 spiro atoms. The van der Waals surface area contributed by atoms with Crippen molar-refractivity contribution in [3.8, 4) is 0 Å². The van der Waals surface area contributed by atoms with Gasteiger partial charge in [0, 0.05) is 31.4 Å². The predicted molar refractivity (Wildman–Crippen MR) is 70.0 cm³/mol. The summed E-state index contributed by atoms with van der Waals surface area (Å²) in [5.41, 5.74) is -0.325. The molecule has 2 N–H and O–H groups in total. The van der Waals surface area contributed by atoms with Gasteiger partial charge in [-0.15, -0.1) is 0 Å². The van der Waals surface area contributed by atoms with E-state index in [-0.39, 0.29) is 10.5 Å². The first kappa shape index (κ1) is 14.9. The zero-order valence-corrected chi connectivity index (χ0v) is 11.6. The molecule has 0 saturated heterocycles. The highest BCUT2D eigenvalue weighted by atomic mass is 32.2. The molecule has 1 aromatic rings. The van der Waals surface area contributed by atoms with Gasteiger partial charge in [0.05, 0.1) is 4.90 Å². The van der Waals surface area contributed by atoms with Crippen molar-refractivity contribution in [1.82, 2.24) is 14.6 Å². The fourth-order valence-corrected chi connectivity index (χ4v) is 2.25. The van der Waals surface area contributed by atoms with Crippen LogP contribution in [0.15, 0.2) is 28.0 Å². The molecular formula is C11H19N3O3S. The van der Waals surface area contributed by atoms with E-state index in [1.54, 1.807) is 0 Å². The van der Waals surface area contributed by atoms with Gasteiger partial charge in [0.1, 0.15) is 0 Å². The van der Waals surface area contributed by atoms with Gasteiger partial charge >= 0.3 is 0 Å². The lowest BCUT2D eigenvalue weighted by Gasteiger charge is -2.20. The maximum absolute atomic E-state index is 11.8. The molecule has 0 unspecified atom stereocenters. The molecule has 18 heavy (non-hydrogen) atoms. The number of rotatable bonds is 6. The molecule has 0 aliphatic rings. The van der Waals surface area contributed by atoms with Crippen LogP contribution in [0.3, 0.4) is 0 Å². The smallest absolute Gasteiger partial charge is 0.247 e. The third-order valence-electron chi connectivity index (χ3n) is 2.70. The van der Waals surface area contributed by atoms with Gasteiger partial charge < -0.3 is 9.88 Å². The van der Waals surface area contributed by atoms with Crippen LogP contribution in [0, 0.1) is 0 Å². The molecule has 0 radical (unpaired) electrons. The first-order valence-corrected chi connectivity index (χ1v) is 7.20. The summed E-state index contributed by atoms with van der Waals surface area (Å²) in [6, 6.07) is 2.84. The number of pyridine rings is 1. The van der Waals surface area contributed by atoms with Gasteiger partial charge in [-0.25, -0.2) is 13.1 Å². The standard InChI is InChI=1S/C11H19N3O3S/c1-9(2)14(3)7-6-13-18(16,17)10-4-5-11(15)12-8-10/h4-5,8-9,13H,6-7H2,1-3H3,(H,12,15). The topological polar surface area (TPSA) is 82.3 Å². The minimum atomic E-state index is -3.55. The molecular weight excluding hydrogens is 254 g/mol. The lowest BCUT2D eigenvalue weighted by molar-refractivity contribution is 0.278. The predicted octanol–water partition coefficient (Wildman–Crippen LogP) is -0.00660. The Bertz CT molecular complexity index is 516. The second-order valence-electron chi connectivity index (χ2n) is 4.36. The number of sulfonamides is 1. The van der Waals surface area contributed by atoms with Crippen molar-refractivity contribution < 1.29 is 8.42 Å². The molecule has 0 aliphatic heterocycles. The van der Waals surface area contributed by atoms with Gasteiger partial charge in [0.15, 0.2) is 0 Å². The number of nitrogens with one attached hydrogen (secondary N) is 2. The first-order valence-electron chi connectivity index (χ1n) is 5.71. The molecule has 0 saturated carbocycles. The van der Waals surface area contributed by atoms with E-state index in [0.717, 1.165) is 0 Å². The van der Waals surface area contributed by atoms with Crippen molar-refractivity contribution >= 4 is 10.0 Å². The highest BCUT2D eigenvalue weighted by Gasteiger charge is 2.13. The number of hydrogen-bond donors (Lipinski definition) is 2. The van der Waals surface area contributed by atoms with Gasteiger partial charge in [0.25, 0.3) is 0 Å². The Morgan fingerprint density at radius 2 is 2.06 bits per heavy atom. The quantitative estimate of drug-likeness (QED) is 0.764. The van der Waals surface area contributed by atoms with Crippen LogP contribution in [0.5, 0.6) is 0 Å². The zero-order valence-electron chi connectivity index (χ0n) is 10.8. The Labute approximate surface area is 107 Å². The van der Waals surface area contributed by atoms with E-state index in [4.69, 9.17) is 0 Å². The van der Waals surface area contributed by atoms with Crippen LogP contribution in [-0.2, 0) is 10.0 Å². The Morgan fingerprint density at radius 1 is 1.39 bits per heavy atom. The van der Waals surface area contributed by atoms with Gasteiger partial charge in [-0.3, -0.25) is 4.79 Å². The van der Waals surface area contributed by atoms with Crippen molar-refractivity contribution in [2.24, 2.45) is 0 Å². The maximum atomic E-state index is 11.8. The van der Waals surface area contributed by atoms with E-state index in [9.17, 15) is 13.2 Å². The average molecular weight is 273 g/mol. The number of aromatic nitrogens is 1. The van der Waals surface area contributed by atoms with Gasteiger partial charge in [-0.1, -0.05) is 0 Å². The van der Waals surface area contributed by atoms with E-state index < -0.39 is 10.0 Å². The molecule has 0 aromatic carbocycles. The monoisotopic (exact) mass is 273 g/mol. The number of nitrogens with zero attached hydrogens (tertiary/aromatic N) is 1. The maximum Gasteiger partial charge on any atom is 0.247 e. The second kappa shape index (κ2) is 6.12. The van der Waals surface area contributed by atoms with Crippen molar-refractivity contribution in [2.75, 3.05) is 20.1 Å². The van der Waals surface area contributed by atoms with Crippen LogP contribution in [-0.4, -0.2) is 44.5 Å². The number of H-pyrrole nitrogens is 1. The third-order valence-corrected chi connectivity index (χ3v) is 4.16. The van der Waals surface area contributed by atoms with Crippen molar-refractivity contribution in [3.63, 3.8) is 0 Å². The Balaban J connectivity index is 2.61. The molecule has 1 rings (SSSR count). The summed E-state index contributed by atoms with van der Waals surface area (Å²) < 4.78 is 26.2. The van der Waals surface area contributed by atoms with Crippen LogP contribution in [0.2, 0.25) is 0 Å². The average Bonchev–Trinajstić information content (AvgIpc) is 2.29. The van der Waals surface area contributed by atoms with Crippen LogP contribution < -0.4 is 10.3 Å². The van der Waals surface area contributed by atoms with Crippen LogP contribution in [0.1, 0.15) is 13.8 Å². The Kier molecular flexibility index (Phi) is 5.06. The van der Waals surface area contributed by atoms with E-state index >= 15 is 0 Å². The van der Waals surface area contributed by atoms with E-state index in [0.29, 0.717) is 19.1 Å². The second-order valence-corrected chi connectivity index (χ2v) is 6.13. The molecule has 1 aromatic heterocycles. The lowest BCUT2D eigenvalue weighted by Crippen LogP contribution is -2.36. The highest BCUT2D eigenvalue weighted by Crippen LogP contribution is 2.03. The molecule has 0 atom stereocenters. The minimum Gasteiger partial charge on any atom is -0.328 e. The fourth-order valence-electron chi connectivity index (χ4n) is 1.26. The summed E-state index contributed by atoms with van der Waals surface area (Å²) in [4.78, 5) is 15.3.